The molecule has 0 radical (unpaired) electrons. The standard InChI is InChI=1S/C8H9N3OS2/c1-4-5(2)12-7(11-4)14-8-10-3-6(9)13-8/h3H,9H2,1-2H3. The zero-order chi connectivity index (χ0) is 10.1. The van der Waals surface area contributed by atoms with Crippen LogP contribution in [0.1, 0.15) is 11.5 Å². The third kappa shape index (κ3) is 1.91. The lowest BCUT2D eigenvalue weighted by molar-refractivity contribution is 0.431. The monoisotopic (exact) mass is 227 g/mol. The van der Waals surface area contributed by atoms with E-state index in [0.29, 0.717) is 10.2 Å². The van der Waals surface area contributed by atoms with Crippen molar-refractivity contribution in [2.75, 3.05) is 5.73 Å². The van der Waals surface area contributed by atoms with E-state index in [9.17, 15) is 0 Å². The minimum atomic E-state index is 0.620. The van der Waals surface area contributed by atoms with E-state index < -0.39 is 0 Å². The lowest BCUT2D eigenvalue weighted by Gasteiger charge is -1.87. The second kappa shape index (κ2) is 3.62. The molecular formula is C8H9N3OS2. The first kappa shape index (κ1) is 9.54. The normalized spacial score (nSPS) is 10.7. The summed E-state index contributed by atoms with van der Waals surface area (Å²) in [6.07, 6.45) is 1.63. The summed E-state index contributed by atoms with van der Waals surface area (Å²) in [4.78, 5) is 8.34. The van der Waals surface area contributed by atoms with Crippen molar-refractivity contribution in [3.63, 3.8) is 0 Å². The minimum Gasteiger partial charge on any atom is -0.436 e. The molecule has 6 heteroatoms. The number of rotatable bonds is 2. The van der Waals surface area contributed by atoms with Crippen molar-refractivity contribution < 1.29 is 4.42 Å². The van der Waals surface area contributed by atoms with Crippen LogP contribution >= 0.6 is 23.1 Å². The Labute approximate surface area is 89.6 Å². The van der Waals surface area contributed by atoms with E-state index in [4.69, 9.17) is 10.2 Å². The first-order valence-corrected chi connectivity index (χ1v) is 5.61. The van der Waals surface area contributed by atoms with Gasteiger partial charge in [0.1, 0.15) is 10.8 Å². The molecule has 74 valence electrons. The van der Waals surface area contributed by atoms with Crippen LogP contribution in [0.5, 0.6) is 0 Å². The summed E-state index contributed by atoms with van der Waals surface area (Å²) in [5, 5.41) is 1.32. The number of anilines is 1. The zero-order valence-corrected chi connectivity index (χ0v) is 9.41. The van der Waals surface area contributed by atoms with Crippen molar-refractivity contribution in [1.82, 2.24) is 9.97 Å². The van der Waals surface area contributed by atoms with Gasteiger partial charge < -0.3 is 10.2 Å². The second-order valence-corrected chi connectivity index (χ2v) is 5.01. The SMILES string of the molecule is Cc1nc(Sc2ncc(N)s2)oc1C. The zero-order valence-electron chi connectivity index (χ0n) is 7.77. The molecule has 0 aliphatic heterocycles. The quantitative estimate of drug-likeness (QED) is 0.853. The summed E-state index contributed by atoms with van der Waals surface area (Å²) in [7, 11) is 0. The van der Waals surface area contributed by atoms with Crippen molar-refractivity contribution >= 4 is 28.1 Å². The number of thiazole rings is 1. The first-order valence-electron chi connectivity index (χ1n) is 3.98. The molecule has 2 rings (SSSR count). The predicted molar refractivity (Wildman–Crippen MR) is 56.6 cm³/mol. The van der Waals surface area contributed by atoms with Crippen LogP contribution in [-0.4, -0.2) is 9.97 Å². The Bertz CT molecular complexity index is 430. The van der Waals surface area contributed by atoms with Crippen LogP contribution in [0.15, 0.2) is 20.2 Å². The molecule has 14 heavy (non-hydrogen) atoms. The van der Waals surface area contributed by atoms with E-state index >= 15 is 0 Å². The molecule has 0 spiro atoms. The van der Waals surface area contributed by atoms with Crippen molar-refractivity contribution in [2.45, 2.75) is 23.4 Å². The Hall–Kier alpha value is -1.01. The summed E-state index contributed by atoms with van der Waals surface area (Å²) in [5.41, 5.74) is 6.47. The van der Waals surface area contributed by atoms with Gasteiger partial charge in [0.15, 0.2) is 4.34 Å². The van der Waals surface area contributed by atoms with Crippen LogP contribution in [0.3, 0.4) is 0 Å². The Balaban J connectivity index is 2.18. The lowest BCUT2D eigenvalue weighted by Crippen LogP contribution is -1.73. The van der Waals surface area contributed by atoms with Gasteiger partial charge in [-0.1, -0.05) is 11.3 Å². The van der Waals surface area contributed by atoms with Crippen LogP contribution in [0.25, 0.3) is 0 Å². The van der Waals surface area contributed by atoms with Gasteiger partial charge in [-0.05, 0) is 13.8 Å². The van der Waals surface area contributed by atoms with Crippen LogP contribution in [0.2, 0.25) is 0 Å². The molecule has 2 N–H and O–H groups in total. The van der Waals surface area contributed by atoms with E-state index in [0.717, 1.165) is 15.8 Å². The van der Waals surface area contributed by atoms with E-state index in [2.05, 4.69) is 9.97 Å². The van der Waals surface area contributed by atoms with E-state index in [1.165, 1.54) is 23.1 Å². The van der Waals surface area contributed by atoms with Crippen LogP contribution < -0.4 is 5.73 Å². The van der Waals surface area contributed by atoms with Crippen molar-refractivity contribution in [2.24, 2.45) is 0 Å². The summed E-state index contributed by atoms with van der Waals surface area (Å²) in [6, 6.07) is 0. The van der Waals surface area contributed by atoms with Crippen LogP contribution in [-0.2, 0) is 0 Å². The fourth-order valence-electron chi connectivity index (χ4n) is 0.879. The van der Waals surface area contributed by atoms with Gasteiger partial charge in [0.25, 0.3) is 5.22 Å². The highest BCUT2D eigenvalue weighted by molar-refractivity contribution is 8.00. The average molecular weight is 227 g/mol. The number of nitrogens with two attached hydrogens (primary N) is 1. The maximum atomic E-state index is 5.56. The molecule has 2 heterocycles. The van der Waals surface area contributed by atoms with Gasteiger partial charge in [-0.15, -0.1) is 0 Å². The van der Waals surface area contributed by atoms with Crippen molar-refractivity contribution in [3.05, 3.63) is 17.7 Å². The van der Waals surface area contributed by atoms with Crippen LogP contribution in [0, 0.1) is 13.8 Å². The molecule has 0 aliphatic rings. The molecular weight excluding hydrogens is 218 g/mol. The van der Waals surface area contributed by atoms with Gasteiger partial charge in [-0.3, -0.25) is 0 Å². The number of nitrogen functional groups attached to an aromatic ring is 1. The highest BCUT2D eigenvalue weighted by atomic mass is 32.2. The minimum absolute atomic E-state index is 0.620. The molecule has 2 aromatic rings. The first-order chi connectivity index (χ1) is 6.65. The molecule has 0 saturated heterocycles. The third-order valence-corrected chi connectivity index (χ3v) is 3.44. The number of nitrogens with zero attached hydrogens (tertiary/aromatic N) is 2. The van der Waals surface area contributed by atoms with Crippen LogP contribution in [0.4, 0.5) is 5.00 Å². The Morgan fingerprint density at radius 3 is 2.79 bits per heavy atom. The number of aromatic nitrogens is 2. The van der Waals surface area contributed by atoms with Gasteiger partial charge in [0.05, 0.1) is 11.9 Å². The maximum absolute atomic E-state index is 5.56. The molecule has 0 bridgehead atoms. The smallest absolute Gasteiger partial charge is 0.263 e. The van der Waals surface area contributed by atoms with E-state index in [1.807, 2.05) is 13.8 Å². The largest absolute Gasteiger partial charge is 0.436 e. The average Bonchev–Trinajstić information content (AvgIpc) is 2.62. The Morgan fingerprint density at radius 1 is 1.50 bits per heavy atom. The fraction of sp³-hybridized carbons (Fsp3) is 0.250. The molecule has 0 unspecified atom stereocenters. The Kier molecular flexibility index (Phi) is 2.47. The van der Waals surface area contributed by atoms with Gasteiger partial charge in [0.2, 0.25) is 0 Å². The summed E-state index contributed by atoms with van der Waals surface area (Å²) < 4.78 is 6.26. The fourth-order valence-corrected chi connectivity index (χ4v) is 2.56. The third-order valence-electron chi connectivity index (χ3n) is 1.69. The van der Waals surface area contributed by atoms with Crippen molar-refractivity contribution in [1.29, 1.82) is 0 Å². The highest BCUT2D eigenvalue weighted by Crippen LogP contribution is 2.32. The van der Waals surface area contributed by atoms with E-state index in [1.54, 1.807) is 6.20 Å². The van der Waals surface area contributed by atoms with Gasteiger partial charge in [-0.2, -0.15) is 0 Å². The van der Waals surface area contributed by atoms with Gasteiger partial charge in [0, 0.05) is 11.8 Å². The van der Waals surface area contributed by atoms with Crippen molar-refractivity contribution in [3.8, 4) is 0 Å². The molecule has 0 fully saturated rings. The lowest BCUT2D eigenvalue weighted by atomic mass is 10.4. The Morgan fingerprint density at radius 2 is 2.29 bits per heavy atom. The highest BCUT2D eigenvalue weighted by Gasteiger charge is 2.09. The number of hydrogen-bond donors (Lipinski definition) is 1. The number of hydrogen-bond acceptors (Lipinski definition) is 6. The second-order valence-electron chi connectivity index (χ2n) is 2.75. The van der Waals surface area contributed by atoms with E-state index in [-0.39, 0.29) is 0 Å². The molecule has 2 aromatic heterocycles. The van der Waals surface area contributed by atoms with Gasteiger partial charge >= 0.3 is 0 Å². The molecule has 0 amide bonds. The molecule has 0 aromatic carbocycles. The number of oxazole rings is 1. The molecule has 0 aliphatic carbocycles. The predicted octanol–water partition coefficient (Wildman–Crippen LogP) is 2.48. The number of aryl methyl sites for hydroxylation is 2. The van der Waals surface area contributed by atoms with Gasteiger partial charge in [-0.25, -0.2) is 9.97 Å². The molecule has 4 nitrogen and oxygen atoms in total. The summed E-state index contributed by atoms with van der Waals surface area (Å²) in [5.74, 6) is 0.844. The summed E-state index contributed by atoms with van der Waals surface area (Å²) >= 11 is 2.82. The molecule has 0 atom stereocenters. The summed E-state index contributed by atoms with van der Waals surface area (Å²) in [6.45, 7) is 3.81. The molecule has 0 saturated carbocycles. The maximum Gasteiger partial charge on any atom is 0.263 e. The topological polar surface area (TPSA) is 64.9 Å².